The number of hydrogen-bond acceptors (Lipinski definition) is 2. The Labute approximate surface area is 115 Å². The molecule has 1 rings (SSSR count). The maximum absolute atomic E-state index is 12.5. The number of rotatable bonds is 4. The van der Waals surface area contributed by atoms with Crippen molar-refractivity contribution in [1.82, 2.24) is 5.32 Å². The van der Waals surface area contributed by atoms with E-state index in [-0.39, 0.29) is 12.2 Å². The van der Waals surface area contributed by atoms with Crippen LogP contribution < -0.4 is 16.4 Å². The summed E-state index contributed by atoms with van der Waals surface area (Å²) in [6.45, 7) is 3.86. The van der Waals surface area contributed by atoms with E-state index in [1.807, 2.05) is 6.92 Å². The summed E-state index contributed by atoms with van der Waals surface area (Å²) in [7, 11) is 0. The summed E-state index contributed by atoms with van der Waals surface area (Å²) < 4.78 is 37.6. The van der Waals surface area contributed by atoms with Gasteiger partial charge in [-0.2, -0.15) is 13.2 Å². The van der Waals surface area contributed by atoms with Crippen LogP contribution in [0, 0.1) is 0 Å². The van der Waals surface area contributed by atoms with Gasteiger partial charge < -0.3 is 16.4 Å². The Morgan fingerprint density at radius 3 is 2.50 bits per heavy atom. The highest BCUT2D eigenvalue weighted by atomic mass is 19.4. The Balaban J connectivity index is 2.77. The van der Waals surface area contributed by atoms with E-state index in [0.717, 1.165) is 12.1 Å². The molecule has 0 aliphatic heterocycles. The van der Waals surface area contributed by atoms with E-state index in [0.29, 0.717) is 6.42 Å². The zero-order valence-electron chi connectivity index (χ0n) is 11.3. The van der Waals surface area contributed by atoms with Gasteiger partial charge in [0.15, 0.2) is 0 Å². The molecule has 0 aliphatic rings. The molecule has 0 aromatic heterocycles. The molecule has 1 atom stereocenters. The summed E-state index contributed by atoms with van der Waals surface area (Å²) in [4.78, 5) is 11.7. The van der Waals surface area contributed by atoms with Crippen LogP contribution in [0.3, 0.4) is 0 Å². The van der Waals surface area contributed by atoms with Gasteiger partial charge in [0.25, 0.3) is 0 Å². The van der Waals surface area contributed by atoms with Gasteiger partial charge in [0.2, 0.25) is 0 Å². The molecular weight excluding hydrogens is 271 g/mol. The van der Waals surface area contributed by atoms with Crippen molar-refractivity contribution in [3.05, 3.63) is 29.8 Å². The quantitative estimate of drug-likeness (QED) is 0.797. The molecule has 1 unspecified atom stereocenters. The monoisotopic (exact) mass is 289 g/mol. The first kappa shape index (κ1) is 16.3. The summed E-state index contributed by atoms with van der Waals surface area (Å²) in [5.41, 5.74) is 4.22. The number of halogens is 3. The molecule has 0 spiro atoms. The van der Waals surface area contributed by atoms with Crippen molar-refractivity contribution in [2.45, 2.75) is 32.0 Å². The Morgan fingerprint density at radius 2 is 2.00 bits per heavy atom. The van der Waals surface area contributed by atoms with Crippen LogP contribution in [-0.2, 0) is 6.18 Å². The molecule has 2 amide bonds. The lowest BCUT2D eigenvalue weighted by atomic mass is 10.00. The van der Waals surface area contributed by atoms with Gasteiger partial charge in [0.05, 0.1) is 11.1 Å². The first-order chi connectivity index (χ1) is 9.20. The average molecular weight is 289 g/mol. The number of hydrogen-bond donors (Lipinski definition) is 3. The molecule has 20 heavy (non-hydrogen) atoms. The molecule has 4 nitrogen and oxygen atoms in total. The van der Waals surface area contributed by atoms with Crippen molar-refractivity contribution < 1.29 is 18.0 Å². The maximum atomic E-state index is 12.5. The van der Waals surface area contributed by atoms with Crippen LogP contribution >= 0.6 is 0 Å². The molecule has 7 heteroatoms. The number of anilines is 1. The Kier molecular flexibility index (Phi) is 4.99. The summed E-state index contributed by atoms with van der Waals surface area (Å²) in [6.07, 6.45) is -3.83. The topological polar surface area (TPSA) is 67.1 Å². The first-order valence-corrected chi connectivity index (χ1v) is 6.16. The molecule has 112 valence electrons. The fourth-order valence-electron chi connectivity index (χ4n) is 1.49. The van der Waals surface area contributed by atoms with E-state index in [2.05, 4.69) is 10.6 Å². The highest BCUT2D eigenvalue weighted by molar-refractivity contribution is 5.89. The number of amides is 2. The van der Waals surface area contributed by atoms with E-state index in [1.54, 1.807) is 6.92 Å². The van der Waals surface area contributed by atoms with Gasteiger partial charge in [0, 0.05) is 12.2 Å². The highest BCUT2D eigenvalue weighted by Crippen LogP contribution is 2.30. The molecule has 0 fully saturated rings. The van der Waals surface area contributed by atoms with Crippen molar-refractivity contribution >= 4 is 11.7 Å². The largest absolute Gasteiger partial charge is 0.416 e. The van der Waals surface area contributed by atoms with Crippen LogP contribution in [-0.4, -0.2) is 18.1 Å². The molecule has 1 aromatic rings. The third kappa shape index (κ3) is 4.41. The van der Waals surface area contributed by atoms with Crippen molar-refractivity contribution in [3.63, 3.8) is 0 Å². The van der Waals surface area contributed by atoms with Gasteiger partial charge in [-0.1, -0.05) is 13.0 Å². The van der Waals surface area contributed by atoms with Gasteiger partial charge >= 0.3 is 12.2 Å². The van der Waals surface area contributed by atoms with Crippen molar-refractivity contribution in [2.75, 3.05) is 11.9 Å². The minimum atomic E-state index is -4.44. The lowest BCUT2D eigenvalue weighted by molar-refractivity contribution is -0.137. The fraction of sp³-hybridized carbons (Fsp3) is 0.462. The molecule has 4 N–H and O–H groups in total. The lowest BCUT2D eigenvalue weighted by Crippen LogP contribution is -2.52. The van der Waals surface area contributed by atoms with E-state index in [4.69, 9.17) is 5.73 Å². The second-order valence-electron chi connectivity index (χ2n) is 4.78. The summed E-state index contributed by atoms with van der Waals surface area (Å²) in [6, 6.07) is 3.87. The Bertz CT molecular complexity index is 470. The van der Waals surface area contributed by atoms with Crippen LogP contribution in [0.4, 0.5) is 23.7 Å². The van der Waals surface area contributed by atoms with E-state index >= 15 is 0 Å². The van der Waals surface area contributed by atoms with Crippen LogP contribution in [0.1, 0.15) is 25.8 Å². The Morgan fingerprint density at radius 1 is 1.35 bits per heavy atom. The van der Waals surface area contributed by atoms with Crippen LogP contribution in [0.25, 0.3) is 0 Å². The molecule has 0 saturated heterocycles. The van der Waals surface area contributed by atoms with Crippen LogP contribution in [0.5, 0.6) is 0 Å². The van der Waals surface area contributed by atoms with E-state index < -0.39 is 23.3 Å². The summed E-state index contributed by atoms with van der Waals surface area (Å²) in [5.74, 6) is 0. The van der Waals surface area contributed by atoms with E-state index in [1.165, 1.54) is 12.1 Å². The van der Waals surface area contributed by atoms with Gasteiger partial charge in [0.1, 0.15) is 0 Å². The predicted octanol–water partition coefficient (Wildman–Crippen LogP) is 2.95. The smallest absolute Gasteiger partial charge is 0.331 e. The number of carbonyl (C=O) groups is 1. The number of nitrogens with two attached hydrogens (primary N) is 1. The highest BCUT2D eigenvalue weighted by Gasteiger charge is 2.30. The van der Waals surface area contributed by atoms with Crippen LogP contribution in [0.2, 0.25) is 0 Å². The number of benzene rings is 1. The molecule has 0 bridgehead atoms. The number of urea groups is 1. The number of carbonyl (C=O) groups excluding carboxylic acids is 1. The minimum Gasteiger partial charge on any atom is -0.331 e. The van der Waals surface area contributed by atoms with Gasteiger partial charge in [-0.25, -0.2) is 4.79 Å². The molecule has 0 saturated carbocycles. The molecule has 0 aliphatic carbocycles. The predicted molar refractivity (Wildman–Crippen MR) is 71.3 cm³/mol. The maximum Gasteiger partial charge on any atom is 0.416 e. The normalized spacial score (nSPS) is 14.5. The van der Waals surface area contributed by atoms with Crippen LogP contribution in [0.15, 0.2) is 24.3 Å². The van der Waals surface area contributed by atoms with Crippen molar-refractivity contribution in [2.24, 2.45) is 5.73 Å². The lowest BCUT2D eigenvalue weighted by Gasteiger charge is -2.27. The number of nitrogens with one attached hydrogen (secondary N) is 2. The van der Waals surface area contributed by atoms with Gasteiger partial charge in [-0.05, 0) is 31.5 Å². The Hall–Kier alpha value is -1.76. The zero-order chi connectivity index (χ0) is 15.4. The number of alkyl halides is 3. The third-order valence-electron chi connectivity index (χ3n) is 3.09. The molecule has 1 aromatic carbocycles. The van der Waals surface area contributed by atoms with E-state index in [9.17, 15) is 18.0 Å². The average Bonchev–Trinajstić information content (AvgIpc) is 2.37. The summed E-state index contributed by atoms with van der Waals surface area (Å²) >= 11 is 0. The first-order valence-electron chi connectivity index (χ1n) is 6.16. The zero-order valence-corrected chi connectivity index (χ0v) is 11.3. The second kappa shape index (κ2) is 6.13. The van der Waals surface area contributed by atoms with Gasteiger partial charge in [-0.15, -0.1) is 0 Å². The van der Waals surface area contributed by atoms with Gasteiger partial charge in [-0.3, -0.25) is 0 Å². The summed E-state index contributed by atoms with van der Waals surface area (Å²) in [5, 5.41) is 5.02. The van der Waals surface area contributed by atoms with Crippen molar-refractivity contribution in [3.8, 4) is 0 Å². The standard InChI is InChI=1S/C13H18F3N3O/c1-3-12(2,8-17)19-11(20)18-10-6-4-5-9(7-10)13(14,15)16/h4-7H,3,8,17H2,1-2H3,(H2,18,19,20). The SMILES string of the molecule is CCC(C)(CN)NC(=O)Nc1cccc(C(F)(F)F)c1. The molecule has 0 heterocycles. The third-order valence-corrected chi connectivity index (χ3v) is 3.09. The van der Waals surface area contributed by atoms with Crippen molar-refractivity contribution in [1.29, 1.82) is 0 Å². The fourth-order valence-corrected chi connectivity index (χ4v) is 1.49. The molecular formula is C13H18F3N3O. The minimum absolute atomic E-state index is 0.0767. The molecule has 0 radical (unpaired) electrons. The second-order valence-corrected chi connectivity index (χ2v) is 4.78.